The largest absolute Gasteiger partial charge is 0.392 e. The smallest absolute Gasteiger partial charge is 0.127 e. The number of benzene rings is 1. The van der Waals surface area contributed by atoms with Crippen LogP contribution in [0.2, 0.25) is 0 Å². The lowest BCUT2D eigenvalue weighted by Crippen LogP contribution is -2.33. The Bertz CT molecular complexity index is 607. The van der Waals surface area contributed by atoms with E-state index in [0.29, 0.717) is 6.04 Å². The molecule has 2 heterocycles. The van der Waals surface area contributed by atoms with Gasteiger partial charge < -0.3 is 9.67 Å². The van der Waals surface area contributed by atoms with Crippen LogP contribution in [0.3, 0.4) is 0 Å². The molecule has 0 amide bonds. The number of hydrogen-bond acceptors (Lipinski definition) is 3. The number of hydrogen-bond donors (Lipinski definition) is 1. The number of aliphatic hydroxyl groups is 1. The summed E-state index contributed by atoms with van der Waals surface area (Å²) in [4.78, 5) is 7.29. The molecule has 1 aliphatic rings. The predicted octanol–water partition coefficient (Wildman–Crippen LogP) is 2.96. The van der Waals surface area contributed by atoms with Gasteiger partial charge in [0.05, 0.1) is 23.2 Å². The SMILES string of the molecule is CC[C@@H](O)CN1CCCC1c1nc2ccccc2n1CC. The highest BCUT2D eigenvalue weighted by molar-refractivity contribution is 5.76. The van der Waals surface area contributed by atoms with Crippen molar-refractivity contribution in [1.29, 1.82) is 0 Å². The molecule has 1 N–H and O–H groups in total. The second-order valence-electron chi connectivity index (χ2n) is 5.92. The fraction of sp³-hybridized carbons (Fsp3) is 0.588. The molecule has 114 valence electrons. The highest BCUT2D eigenvalue weighted by Crippen LogP contribution is 2.33. The number of likely N-dealkylation sites (tertiary alicyclic amines) is 1. The number of aromatic nitrogens is 2. The Morgan fingerprint density at radius 2 is 2.14 bits per heavy atom. The average molecular weight is 287 g/mol. The minimum absolute atomic E-state index is 0.231. The van der Waals surface area contributed by atoms with Crippen LogP contribution in [0.1, 0.15) is 45.0 Å². The Kier molecular flexibility index (Phi) is 4.27. The lowest BCUT2D eigenvalue weighted by atomic mass is 10.2. The average Bonchev–Trinajstić information content (AvgIpc) is 3.10. The van der Waals surface area contributed by atoms with Gasteiger partial charge in [-0.2, -0.15) is 0 Å². The second-order valence-corrected chi connectivity index (χ2v) is 5.92. The number of nitrogens with zero attached hydrogens (tertiary/aromatic N) is 3. The maximum atomic E-state index is 9.98. The number of aliphatic hydroxyl groups excluding tert-OH is 1. The van der Waals surface area contributed by atoms with Crippen molar-refractivity contribution in [1.82, 2.24) is 14.5 Å². The molecule has 1 fully saturated rings. The van der Waals surface area contributed by atoms with Gasteiger partial charge in [0.1, 0.15) is 5.82 Å². The Morgan fingerprint density at radius 3 is 2.90 bits per heavy atom. The van der Waals surface area contributed by atoms with Crippen LogP contribution in [0, 0.1) is 0 Å². The van der Waals surface area contributed by atoms with E-state index >= 15 is 0 Å². The molecule has 2 aromatic rings. The molecule has 0 radical (unpaired) electrons. The number of rotatable bonds is 5. The maximum Gasteiger partial charge on any atom is 0.127 e. The minimum atomic E-state index is -0.231. The highest BCUT2D eigenvalue weighted by Gasteiger charge is 2.31. The molecule has 1 unspecified atom stereocenters. The van der Waals surface area contributed by atoms with Crippen LogP contribution in [0.15, 0.2) is 24.3 Å². The van der Waals surface area contributed by atoms with E-state index in [9.17, 15) is 5.11 Å². The fourth-order valence-electron chi connectivity index (χ4n) is 3.42. The minimum Gasteiger partial charge on any atom is -0.392 e. The van der Waals surface area contributed by atoms with Gasteiger partial charge in [-0.3, -0.25) is 4.90 Å². The normalized spacial score (nSPS) is 21.2. The van der Waals surface area contributed by atoms with Crippen LogP contribution in [0.25, 0.3) is 11.0 Å². The van der Waals surface area contributed by atoms with Crippen LogP contribution in [0.4, 0.5) is 0 Å². The Labute approximate surface area is 126 Å². The molecule has 0 spiro atoms. The standard InChI is InChI=1S/C17H25N3O/c1-3-13(21)12-19-11-7-10-16(19)17-18-14-8-5-6-9-15(14)20(17)4-2/h5-6,8-9,13,16,21H,3-4,7,10-12H2,1-2H3/t13-,16?/m1/s1. The molecule has 21 heavy (non-hydrogen) atoms. The van der Waals surface area contributed by atoms with Crippen LogP contribution >= 0.6 is 0 Å². The Morgan fingerprint density at radius 1 is 1.33 bits per heavy atom. The molecular weight excluding hydrogens is 262 g/mol. The molecular formula is C17H25N3O. The number of imidazole rings is 1. The van der Waals surface area contributed by atoms with E-state index in [1.807, 2.05) is 13.0 Å². The molecule has 1 aromatic heterocycles. The number of para-hydroxylation sites is 2. The molecule has 0 aliphatic carbocycles. The first kappa shape index (κ1) is 14.5. The van der Waals surface area contributed by atoms with E-state index in [1.165, 1.54) is 17.8 Å². The van der Waals surface area contributed by atoms with Crippen LogP contribution in [-0.4, -0.2) is 38.8 Å². The number of aryl methyl sites for hydroxylation is 1. The lowest BCUT2D eigenvalue weighted by molar-refractivity contribution is 0.100. The van der Waals surface area contributed by atoms with Crippen molar-refractivity contribution in [3.63, 3.8) is 0 Å². The summed E-state index contributed by atoms with van der Waals surface area (Å²) in [6.07, 6.45) is 2.91. The summed E-state index contributed by atoms with van der Waals surface area (Å²) < 4.78 is 2.33. The van der Waals surface area contributed by atoms with E-state index in [1.54, 1.807) is 0 Å². The molecule has 4 nitrogen and oxygen atoms in total. The fourth-order valence-corrected chi connectivity index (χ4v) is 3.42. The summed E-state index contributed by atoms with van der Waals surface area (Å²) >= 11 is 0. The Hall–Kier alpha value is -1.39. The molecule has 3 rings (SSSR count). The number of β-amino-alcohol motifs (C(OH)–C–C–N with tert-alkyl or cyclic N) is 1. The van der Waals surface area contributed by atoms with Gasteiger partial charge in [0, 0.05) is 13.1 Å². The van der Waals surface area contributed by atoms with Gasteiger partial charge in [-0.15, -0.1) is 0 Å². The summed E-state index contributed by atoms with van der Waals surface area (Å²) in [5.41, 5.74) is 2.30. The molecule has 1 saturated heterocycles. The molecule has 1 aliphatic heterocycles. The zero-order chi connectivity index (χ0) is 14.8. The van der Waals surface area contributed by atoms with E-state index < -0.39 is 0 Å². The third kappa shape index (κ3) is 2.70. The molecule has 4 heteroatoms. The Balaban J connectivity index is 1.95. The maximum absolute atomic E-state index is 9.98. The van der Waals surface area contributed by atoms with Gasteiger partial charge in [-0.05, 0) is 44.9 Å². The quantitative estimate of drug-likeness (QED) is 0.919. The van der Waals surface area contributed by atoms with Gasteiger partial charge in [0.2, 0.25) is 0 Å². The third-order valence-corrected chi connectivity index (χ3v) is 4.58. The van der Waals surface area contributed by atoms with Crippen LogP contribution in [-0.2, 0) is 6.54 Å². The van der Waals surface area contributed by atoms with E-state index in [0.717, 1.165) is 38.0 Å². The molecule has 0 bridgehead atoms. The van der Waals surface area contributed by atoms with E-state index in [2.05, 4.69) is 34.6 Å². The predicted molar refractivity (Wildman–Crippen MR) is 85.3 cm³/mol. The molecule has 0 saturated carbocycles. The van der Waals surface area contributed by atoms with Gasteiger partial charge in [0.15, 0.2) is 0 Å². The summed E-state index contributed by atoms with van der Waals surface area (Å²) in [6, 6.07) is 8.71. The zero-order valence-corrected chi connectivity index (χ0v) is 13.0. The van der Waals surface area contributed by atoms with E-state index in [-0.39, 0.29) is 6.10 Å². The third-order valence-electron chi connectivity index (χ3n) is 4.58. The van der Waals surface area contributed by atoms with Gasteiger partial charge in [-0.25, -0.2) is 4.98 Å². The topological polar surface area (TPSA) is 41.3 Å². The van der Waals surface area contributed by atoms with E-state index in [4.69, 9.17) is 4.98 Å². The lowest BCUT2D eigenvalue weighted by Gasteiger charge is -2.26. The summed E-state index contributed by atoms with van der Waals surface area (Å²) in [5, 5.41) is 9.98. The van der Waals surface area contributed by atoms with Gasteiger partial charge in [0.25, 0.3) is 0 Å². The first-order chi connectivity index (χ1) is 10.2. The second kappa shape index (κ2) is 6.16. The summed E-state index contributed by atoms with van der Waals surface area (Å²) in [7, 11) is 0. The first-order valence-electron chi connectivity index (χ1n) is 8.11. The summed E-state index contributed by atoms with van der Waals surface area (Å²) in [6.45, 7) is 6.98. The van der Waals surface area contributed by atoms with Gasteiger partial charge in [-0.1, -0.05) is 19.1 Å². The first-order valence-corrected chi connectivity index (χ1v) is 8.11. The summed E-state index contributed by atoms with van der Waals surface area (Å²) in [5.74, 6) is 1.17. The van der Waals surface area contributed by atoms with Crippen molar-refractivity contribution in [2.24, 2.45) is 0 Å². The highest BCUT2D eigenvalue weighted by atomic mass is 16.3. The van der Waals surface area contributed by atoms with Crippen molar-refractivity contribution in [2.75, 3.05) is 13.1 Å². The number of fused-ring (bicyclic) bond motifs is 1. The van der Waals surface area contributed by atoms with Crippen LogP contribution < -0.4 is 0 Å². The van der Waals surface area contributed by atoms with Crippen molar-refractivity contribution < 1.29 is 5.11 Å². The monoisotopic (exact) mass is 287 g/mol. The van der Waals surface area contributed by atoms with Crippen molar-refractivity contribution >= 4 is 11.0 Å². The van der Waals surface area contributed by atoms with Crippen molar-refractivity contribution in [2.45, 2.75) is 51.8 Å². The molecule has 2 atom stereocenters. The van der Waals surface area contributed by atoms with Gasteiger partial charge >= 0.3 is 0 Å². The zero-order valence-electron chi connectivity index (χ0n) is 13.0. The van der Waals surface area contributed by atoms with Crippen LogP contribution in [0.5, 0.6) is 0 Å². The van der Waals surface area contributed by atoms with Crippen molar-refractivity contribution in [3.05, 3.63) is 30.1 Å². The molecule has 1 aromatic carbocycles. The van der Waals surface area contributed by atoms with Crippen molar-refractivity contribution in [3.8, 4) is 0 Å².